The topological polar surface area (TPSA) is 97.4 Å². The first-order valence-electron chi connectivity index (χ1n) is 7.51. The Kier molecular flexibility index (Phi) is 3.54. The first kappa shape index (κ1) is 15.4. The Morgan fingerprint density at radius 1 is 1.20 bits per heavy atom. The Bertz CT molecular complexity index is 956. The van der Waals surface area contributed by atoms with Gasteiger partial charge in [-0.1, -0.05) is 18.2 Å². The number of nitrogens with two attached hydrogens (primary N) is 1. The molecule has 1 aliphatic rings. The molecule has 1 aromatic carbocycles. The number of benzene rings is 1. The predicted octanol–water partition coefficient (Wildman–Crippen LogP) is 1.63. The van der Waals surface area contributed by atoms with Gasteiger partial charge in [-0.15, -0.1) is 11.3 Å². The molecule has 2 aromatic heterocycles. The fourth-order valence-electron chi connectivity index (χ4n) is 2.91. The van der Waals surface area contributed by atoms with Gasteiger partial charge in [0.2, 0.25) is 5.54 Å². The van der Waals surface area contributed by atoms with E-state index >= 15 is 0 Å². The third-order valence-electron chi connectivity index (χ3n) is 4.22. The summed E-state index contributed by atoms with van der Waals surface area (Å²) in [7, 11) is 1.62. The second kappa shape index (κ2) is 5.75. The number of guanidine groups is 1. The lowest BCUT2D eigenvalue weighted by Crippen LogP contribution is -2.41. The minimum atomic E-state index is -1.26. The highest BCUT2D eigenvalue weighted by atomic mass is 32.1. The number of aliphatic imine (C=N–C) groups is 1. The summed E-state index contributed by atoms with van der Waals surface area (Å²) in [6.45, 7) is 0. The van der Waals surface area contributed by atoms with E-state index in [1.165, 1.54) is 22.6 Å². The van der Waals surface area contributed by atoms with Crippen molar-refractivity contribution >= 4 is 23.2 Å². The van der Waals surface area contributed by atoms with E-state index in [9.17, 15) is 4.79 Å². The highest BCUT2D eigenvalue weighted by Crippen LogP contribution is 2.40. The number of hydrogen-bond acceptors (Lipinski definition) is 7. The quantitative estimate of drug-likeness (QED) is 0.774. The first-order valence-corrected chi connectivity index (χ1v) is 8.45. The molecule has 25 heavy (non-hydrogen) atoms. The van der Waals surface area contributed by atoms with Crippen molar-refractivity contribution in [1.29, 1.82) is 0 Å². The molecule has 4 rings (SSSR count). The first-order chi connectivity index (χ1) is 12.1. The second-order valence-corrected chi connectivity index (χ2v) is 6.34. The van der Waals surface area contributed by atoms with Crippen LogP contribution in [-0.4, -0.2) is 38.8 Å². The Morgan fingerprint density at radius 3 is 2.64 bits per heavy atom. The third-order valence-corrected chi connectivity index (χ3v) is 4.80. The zero-order valence-electron chi connectivity index (χ0n) is 13.3. The van der Waals surface area contributed by atoms with Gasteiger partial charge in [-0.05, 0) is 17.2 Å². The summed E-state index contributed by atoms with van der Waals surface area (Å²) in [4.78, 5) is 31.4. The number of rotatable bonds is 3. The van der Waals surface area contributed by atoms with Gasteiger partial charge in [0.05, 0.1) is 11.2 Å². The number of carbonyl (C=O) groups is 1. The van der Waals surface area contributed by atoms with Crippen molar-refractivity contribution in [2.24, 2.45) is 10.7 Å². The SMILES string of the molecule is CN1C(=O)C(c2cccc(-c3cncnc3)c2)(c2cscn2)N=C1N. The molecule has 0 aliphatic carbocycles. The number of hydrogen-bond donors (Lipinski definition) is 1. The van der Waals surface area contributed by atoms with Gasteiger partial charge in [0.25, 0.3) is 5.91 Å². The van der Waals surface area contributed by atoms with Gasteiger partial charge >= 0.3 is 0 Å². The number of nitrogens with zero attached hydrogens (tertiary/aromatic N) is 5. The van der Waals surface area contributed by atoms with Crippen molar-refractivity contribution in [3.8, 4) is 11.1 Å². The lowest BCUT2D eigenvalue weighted by atomic mass is 9.85. The highest BCUT2D eigenvalue weighted by Gasteiger charge is 2.51. The van der Waals surface area contributed by atoms with Gasteiger partial charge in [-0.25, -0.2) is 19.9 Å². The molecule has 3 aromatic rings. The molecule has 7 nitrogen and oxygen atoms in total. The van der Waals surface area contributed by atoms with E-state index in [4.69, 9.17) is 5.73 Å². The summed E-state index contributed by atoms with van der Waals surface area (Å²) in [6.07, 6.45) is 4.92. The molecular formula is C17H14N6OS. The number of likely N-dealkylation sites (N-methyl/N-ethyl adjacent to an activating group) is 1. The number of carbonyl (C=O) groups excluding carboxylic acids is 1. The van der Waals surface area contributed by atoms with E-state index in [0.717, 1.165) is 11.1 Å². The van der Waals surface area contributed by atoms with Crippen LogP contribution in [0.15, 0.2) is 58.9 Å². The lowest BCUT2D eigenvalue weighted by Gasteiger charge is -2.24. The average molecular weight is 350 g/mol. The standard InChI is InChI=1S/C17H14N6OS/c1-23-15(24)17(22-16(23)18,14-8-25-10-21-14)13-4-2-3-11(5-13)12-6-19-9-20-7-12/h2-10H,1H3,(H2,18,22). The van der Waals surface area contributed by atoms with Gasteiger partial charge in [0.1, 0.15) is 6.33 Å². The number of thiazole rings is 1. The van der Waals surface area contributed by atoms with Gasteiger partial charge in [-0.3, -0.25) is 9.69 Å². The summed E-state index contributed by atoms with van der Waals surface area (Å²) < 4.78 is 0. The Labute approximate surface area is 147 Å². The van der Waals surface area contributed by atoms with Crippen molar-refractivity contribution in [2.75, 3.05) is 7.05 Å². The molecule has 0 fully saturated rings. The molecule has 1 aliphatic heterocycles. The van der Waals surface area contributed by atoms with E-state index in [1.807, 2.05) is 29.6 Å². The molecule has 0 radical (unpaired) electrons. The van der Waals surface area contributed by atoms with Crippen molar-refractivity contribution in [1.82, 2.24) is 19.9 Å². The molecular weight excluding hydrogens is 336 g/mol. The van der Waals surface area contributed by atoms with Crippen LogP contribution >= 0.6 is 11.3 Å². The van der Waals surface area contributed by atoms with Gasteiger partial charge < -0.3 is 5.73 Å². The molecule has 1 atom stereocenters. The van der Waals surface area contributed by atoms with E-state index < -0.39 is 5.54 Å². The van der Waals surface area contributed by atoms with E-state index in [0.29, 0.717) is 11.3 Å². The summed E-state index contributed by atoms with van der Waals surface area (Å²) in [5.41, 5.74) is 9.39. The summed E-state index contributed by atoms with van der Waals surface area (Å²) >= 11 is 1.41. The number of amides is 1. The van der Waals surface area contributed by atoms with Crippen molar-refractivity contribution in [3.63, 3.8) is 0 Å². The van der Waals surface area contributed by atoms with Crippen LogP contribution in [0.2, 0.25) is 0 Å². The monoisotopic (exact) mass is 350 g/mol. The summed E-state index contributed by atoms with van der Waals surface area (Å²) in [5, 5.41) is 1.83. The molecule has 3 heterocycles. The largest absolute Gasteiger partial charge is 0.369 e. The average Bonchev–Trinajstić information content (AvgIpc) is 3.27. The molecule has 0 spiro atoms. The third kappa shape index (κ3) is 2.30. The predicted molar refractivity (Wildman–Crippen MR) is 94.8 cm³/mol. The summed E-state index contributed by atoms with van der Waals surface area (Å²) in [5.74, 6) is -0.0520. The van der Waals surface area contributed by atoms with E-state index in [-0.39, 0.29) is 11.9 Å². The van der Waals surface area contributed by atoms with Crippen LogP contribution < -0.4 is 5.73 Å². The fourth-order valence-corrected chi connectivity index (χ4v) is 3.50. The Morgan fingerprint density at radius 2 is 2.00 bits per heavy atom. The van der Waals surface area contributed by atoms with Gasteiger partial charge in [0, 0.05) is 30.4 Å². The Hall–Kier alpha value is -3.13. The normalized spacial score (nSPS) is 20.0. The molecule has 2 N–H and O–H groups in total. The lowest BCUT2D eigenvalue weighted by molar-refractivity contribution is -0.129. The smallest absolute Gasteiger partial charge is 0.267 e. The van der Waals surface area contributed by atoms with Crippen LogP contribution in [0.3, 0.4) is 0 Å². The maximum absolute atomic E-state index is 13.1. The molecule has 0 saturated carbocycles. The molecule has 8 heteroatoms. The second-order valence-electron chi connectivity index (χ2n) is 5.63. The zero-order chi connectivity index (χ0) is 17.4. The van der Waals surface area contributed by atoms with E-state index in [1.54, 1.807) is 25.0 Å². The van der Waals surface area contributed by atoms with Crippen molar-refractivity contribution < 1.29 is 4.79 Å². The van der Waals surface area contributed by atoms with Crippen LogP contribution in [0.4, 0.5) is 0 Å². The van der Waals surface area contributed by atoms with Crippen LogP contribution in [0, 0.1) is 0 Å². The maximum Gasteiger partial charge on any atom is 0.267 e. The number of aromatic nitrogens is 3. The molecule has 124 valence electrons. The molecule has 1 amide bonds. The zero-order valence-corrected chi connectivity index (χ0v) is 14.1. The summed E-state index contributed by atoms with van der Waals surface area (Å²) in [6, 6.07) is 7.59. The minimum absolute atomic E-state index is 0.173. The highest BCUT2D eigenvalue weighted by molar-refractivity contribution is 7.07. The van der Waals surface area contributed by atoms with E-state index in [2.05, 4.69) is 19.9 Å². The maximum atomic E-state index is 13.1. The van der Waals surface area contributed by atoms with Gasteiger partial charge in [0.15, 0.2) is 5.96 Å². The molecule has 1 unspecified atom stereocenters. The molecule has 0 saturated heterocycles. The van der Waals surface area contributed by atoms with Crippen LogP contribution in [0.1, 0.15) is 11.3 Å². The minimum Gasteiger partial charge on any atom is -0.369 e. The van der Waals surface area contributed by atoms with Gasteiger partial charge in [-0.2, -0.15) is 0 Å². The van der Waals surface area contributed by atoms with Crippen molar-refractivity contribution in [2.45, 2.75) is 5.54 Å². The van der Waals surface area contributed by atoms with Crippen LogP contribution in [-0.2, 0) is 10.3 Å². The Balaban J connectivity index is 1.93. The fraction of sp³-hybridized carbons (Fsp3) is 0.118. The molecule has 0 bridgehead atoms. The van der Waals surface area contributed by atoms with Crippen LogP contribution in [0.5, 0.6) is 0 Å². The van der Waals surface area contributed by atoms with Crippen molar-refractivity contribution in [3.05, 3.63) is 65.1 Å². The van der Waals surface area contributed by atoms with Crippen LogP contribution in [0.25, 0.3) is 11.1 Å².